The van der Waals surface area contributed by atoms with Gasteiger partial charge in [-0.3, -0.25) is 14.9 Å². The molecule has 4 aromatic rings. The molecule has 0 unspecified atom stereocenters. The SMILES string of the molecule is C[C@@]1(OC(=O)Oc2ccc([N+](=O)[O-])cc2)C(=O)OCc2c1cc1n(c2=O)Cc2cc3ccccc3nc2-1. The topological polar surface area (TPSA) is 140 Å². The number of esters is 1. The van der Waals surface area contributed by atoms with E-state index in [1.165, 1.54) is 19.1 Å². The van der Waals surface area contributed by atoms with E-state index in [1.807, 2.05) is 30.3 Å². The number of benzene rings is 2. The molecule has 0 radical (unpaired) electrons. The first-order valence-electron chi connectivity index (χ1n) is 11.2. The molecule has 6 rings (SSSR count). The quantitative estimate of drug-likeness (QED) is 0.157. The molecule has 0 bridgehead atoms. The van der Waals surface area contributed by atoms with Crippen LogP contribution in [0.15, 0.2) is 65.5 Å². The highest BCUT2D eigenvalue weighted by Gasteiger charge is 2.48. The van der Waals surface area contributed by atoms with E-state index in [9.17, 15) is 24.5 Å². The van der Waals surface area contributed by atoms with Gasteiger partial charge in [-0.15, -0.1) is 0 Å². The van der Waals surface area contributed by atoms with E-state index in [0.717, 1.165) is 28.6 Å². The fourth-order valence-electron chi connectivity index (χ4n) is 4.68. The van der Waals surface area contributed by atoms with Crippen LogP contribution in [0.2, 0.25) is 0 Å². The molecule has 0 spiro atoms. The number of hydrogen-bond acceptors (Lipinski definition) is 9. The number of carbonyl (C=O) groups excluding carboxylic acids is 2. The molecule has 2 aliphatic rings. The zero-order valence-corrected chi connectivity index (χ0v) is 19.3. The van der Waals surface area contributed by atoms with Gasteiger partial charge in [0.15, 0.2) is 0 Å². The Hall–Kier alpha value is -5.06. The van der Waals surface area contributed by atoms with Crippen LogP contribution in [-0.2, 0) is 33.0 Å². The molecule has 0 saturated carbocycles. The van der Waals surface area contributed by atoms with E-state index >= 15 is 0 Å². The van der Waals surface area contributed by atoms with Gasteiger partial charge in [0.2, 0.25) is 5.60 Å². The lowest BCUT2D eigenvalue weighted by molar-refractivity contribution is -0.384. The zero-order chi connectivity index (χ0) is 25.9. The molecule has 4 heterocycles. The first kappa shape index (κ1) is 22.4. The number of fused-ring (bicyclic) bond motifs is 5. The minimum Gasteiger partial charge on any atom is -0.457 e. The number of pyridine rings is 2. The van der Waals surface area contributed by atoms with Gasteiger partial charge in [-0.05, 0) is 37.3 Å². The standard InChI is InChI=1S/C26H17N3O8/c1-26(37-25(32)36-17-8-6-16(7-9-17)29(33)34)19-11-21-22-15(10-14-4-2-3-5-20(14)27-22)12-28(21)23(30)18(19)13-35-24(26)31/h2-11H,12-13H2,1H3/t26-/m0/s1. The third-order valence-corrected chi connectivity index (χ3v) is 6.56. The Bertz CT molecular complexity index is 1710. The number of nitrogens with zero attached hydrogens (tertiary/aromatic N) is 3. The minimum absolute atomic E-state index is 0.0253. The molecular formula is C26H17N3O8. The van der Waals surface area contributed by atoms with Crippen molar-refractivity contribution in [2.24, 2.45) is 0 Å². The lowest BCUT2D eigenvalue weighted by atomic mass is 9.89. The molecule has 11 heteroatoms. The smallest absolute Gasteiger partial charge is 0.457 e. The summed E-state index contributed by atoms with van der Waals surface area (Å²) < 4.78 is 17.3. The molecular weight excluding hydrogens is 482 g/mol. The summed E-state index contributed by atoms with van der Waals surface area (Å²) in [6.45, 7) is 1.36. The van der Waals surface area contributed by atoms with Crippen molar-refractivity contribution in [1.29, 1.82) is 0 Å². The third-order valence-electron chi connectivity index (χ3n) is 6.56. The van der Waals surface area contributed by atoms with E-state index < -0.39 is 22.6 Å². The van der Waals surface area contributed by atoms with E-state index in [-0.39, 0.29) is 34.7 Å². The molecule has 0 fully saturated rings. The average molecular weight is 499 g/mol. The Labute approximate surface area is 208 Å². The maximum atomic E-state index is 13.4. The van der Waals surface area contributed by atoms with E-state index in [1.54, 1.807) is 10.6 Å². The van der Waals surface area contributed by atoms with Gasteiger partial charge in [-0.2, -0.15) is 0 Å². The first-order chi connectivity index (χ1) is 17.7. The van der Waals surface area contributed by atoms with Crippen molar-refractivity contribution in [3.05, 3.63) is 97.8 Å². The zero-order valence-electron chi connectivity index (χ0n) is 19.3. The Kier molecular flexibility index (Phi) is 4.83. The van der Waals surface area contributed by atoms with Gasteiger partial charge in [0.25, 0.3) is 11.2 Å². The molecule has 2 aliphatic heterocycles. The Morgan fingerprint density at radius 1 is 1.14 bits per heavy atom. The number of non-ortho nitro benzene ring substituents is 1. The lowest BCUT2D eigenvalue weighted by Crippen LogP contribution is -2.46. The normalized spacial score (nSPS) is 17.4. The maximum Gasteiger partial charge on any atom is 0.515 e. The maximum absolute atomic E-state index is 13.4. The Morgan fingerprint density at radius 2 is 1.89 bits per heavy atom. The second-order valence-corrected chi connectivity index (χ2v) is 8.82. The fourth-order valence-corrected chi connectivity index (χ4v) is 4.68. The van der Waals surface area contributed by atoms with Crippen LogP contribution in [-0.4, -0.2) is 26.6 Å². The van der Waals surface area contributed by atoms with Gasteiger partial charge >= 0.3 is 12.1 Å². The molecule has 0 amide bonds. The largest absolute Gasteiger partial charge is 0.515 e. The van der Waals surface area contributed by atoms with E-state index in [4.69, 9.17) is 19.2 Å². The number of ether oxygens (including phenoxy) is 3. The second kappa shape index (κ2) is 7.98. The Morgan fingerprint density at radius 3 is 2.65 bits per heavy atom. The third kappa shape index (κ3) is 3.51. The second-order valence-electron chi connectivity index (χ2n) is 8.82. The highest BCUT2D eigenvalue weighted by molar-refractivity contribution is 5.87. The molecule has 11 nitrogen and oxygen atoms in total. The number of carbonyl (C=O) groups is 2. The summed E-state index contributed by atoms with van der Waals surface area (Å²) in [6.07, 6.45) is -1.24. The highest BCUT2D eigenvalue weighted by atomic mass is 16.7. The number of cyclic esters (lactones) is 1. The summed E-state index contributed by atoms with van der Waals surface area (Å²) in [5.41, 5.74) is 0.547. The van der Waals surface area contributed by atoms with Gasteiger partial charge in [0.05, 0.1) is 33.9 Å². The van der Waals surface area contributed by atoms with Crippen molar-refractivity contribution in [2.75, 3.05) is 0 Å². The molecule has 2 aromatic heterocycles. The van der Waals surface area contributed by atoms with E-state index in [2.05, 4.69) is 0 Å². The van der Waals surface area contributed by atoms with Crippen LogP contribution in [0.4, 0.5) is 10.5 Å². The molecule has 1 atom stereocenters. The van der Waals surface area contributed by atoms with Crippen LogP contribution in [0.25, 0.3) is 22.3 Å². The summed E-state index contributed by atoms with van der Waals surface area (Å²) in [5.74, 6) is -0.891. The molecule has 184 valence electrons. The van der Waals surface area contributed by atoms with Gasteiger partial charge in [-0.1, -0.05) is 18.2 Å². The highest BCUT2D eigenvalue weighted by Crippen LogP contribution is 2.39. The van der Waals surface area contributed by atoms with Crippen molar-refractivity contribution in [1.82, 2.24) is 9.55 Å². The number of hydrogen-bond donors (Lipinski definition) is 0. The lowest BCUT2D eigenvalue weighted by Gasteiger charge is -2.32. The van der Waals surface area contributed by atoms with Gasteiger partial charge in [0.1, 0.15) is 12.4 Å². The number of nitro benzene ring substituents is 1. The van der Waals surface area contributed by atoms with Crippen LogP contribution in [0.3, 0.4) is 0 Å². The predicted molar refractivity (Wildman–Crippen MR) is 128 cm³/mol. The van der Waals surface area contributed by atoms with Crippen LogP contribution < -0.4 is 10.3 Å². The number of nitro groups is 1. The summed E-state index contributed by atoms with van der Waals surface area (Å²) >= 11 is 0. The minimum atomic E-state index is -1.97. The molecule has 37 heavy (non-hydrogen) atoms. The fraction of sp³-hybridized carbons (Fsp3) is 0.154. The molecule has 0 aliphatic carbocycles. The predicted octanol–water partition coefficient (Wildman–Crippen LogP) is 3.82. The molecule has 0 saturated heterocycles. The Balaban J connectivity index is 1.38. The monoisotopic (exact) mass is 499 g/mol. The number of rotatable bonds is 3. The van der Waals surface area contributed by atoms with Crippen LogP contribution >= 0.6 is 0 Å². The van der Waals surface area contributed by atoms with Crippen molar-refractivity contribution >= 4 is 28.7 Å². The van der Waals surface area contributed by atoms with Crippen LogP contribution in [0.1, 0.15) is 23.6 Å². The average Bonchev–Trinajstić information content (AvgIpc) is 3.23. The number of para-hydroxylation sites is 1. The van der Waals surface area contributed by atoms with Crippen LogP contribution in [0, 0.1) is 10.1 Å². The summed E-state index contributed by atoms with van der Waals surface area (Å²) in [4.78, 5) is 53.9. The van der Waals surface area contributed by atoms with Gasteiger partial charge in [0, 0.05) is 28.6 Å². The van der Waals surface area contributed by atoms with Gasteiger partial charge < -0.3 is 18.8 Å². The van der Waals surface area contributed by atoms with Crippen molar-refractivity contribution < 1.29 is 28.7 Å². The van der Waals surface area contributed by atoms with Gasteiger partial charge in [-0.25, -0.2) is 14.6 Å². The summed E-state index contributed by atoms with van der Waals surface area (Å²) in [5, 5.41) is 11.8. The summed E-state index contributed by atoms with van der Waals surface area (Å²) in [6, 6.07) is 16.0. The van der Waals surface area contributed by atoms with E-state index in [0.29, 0.717) is 17.9 Å². The summed E-state index contributed by atoms with van der Waals surface area (Å²) in [7, 11) is 0. The van der Waals surface area contributed by atoms with Crippen molar-refractivity contribution in [3.8, 4) is 17.1 Å². The first-order valence-corrected chi connectivity index (χ1v) is 11.2. The number of aromatic nitrogens is 2. The molecule has 2 aromatic carbocycles. The molecule has 0 N–H and O–H groups in total. The van der Waals surface area contributed by atoms with Crippen molar-refractivity contribution in [2.45, 2.75) is 25.7 Å². The van der Waals surface area contributed by atoms with Crippen LogP contribution in [0.5, 0.6) is 5.75 Å². The van der Waals surface area contributed by atoms with Crippen molar-refractivity contribution in [3.63, 3.8) is 0 Å².